The van der Waals surface area contributed by atoms with Crippen molar-refractivity contribution in [3.63, 3.8) is 0 Å². The van der Waals surface area contributed by atoms with Crippen LogP contribution < -0.4 is 14.2 Å². The van der Waals surface area contributed by atoms with E-state index in [0.717, 1.165) is 29.0 Å². The second kappa shape index (κ2) is 9.85. The number of hydrogen-bond acceptors (Lipinski definition) is 4. The zero-order valence-corrected chi connectivity index (χ0v) is 21.9. The number of alkyl halides is 2. The van der Waals surface area contributed by atoms with Gasteiger partial charge in [0, 0.05) is 28.2 Å². The van der Waals surface area contributed by atoms with Crippen molar-refractivity contribution in [3.05, 3.63) is 51.6 Å². The van der Waals surface area contributed by atoms with Crippen LogP contribution in [0.2, 0.25) is 0 Å². The fourth-order valence-corrected chi connectivity index (χ4v) is 5.31. The van der Waals surface area contributed by atoms with Gasteiger partial charge in [-0.2, -0.15) is 8.78 Å². The highest BCUT2D eigenvalue weighted by molar-refractivity contribution is 9.10. The summed E-state index contributed by atoms with van der Waals surface area (Å²) < 4.78 is 58.3. The van der Waals surface area contributed by atoms with Crippen molar-refractivity contribution in [3.8, 4) is 17.2 Å². The van der Waals surface area contributed by atoms with Crippen molar-refractivity contribution >= 4 is 34.4 Å². The molecule has 11 heteroatoms. The van der Waals surface area contributed by atoms with Crippen molar-refractivity contribution in [2.75, 3.05) is 21.3 Å². The number of nitrogens with zero attached hydrogens (tertiary/aromatic N) is 1. The lowest BCUT2D eigenvalue weighted by Crippen LogP contribution is -2.14. The molecule has 0 aliphatic carbocycles. The highest BCUT2D eigenvalue weighted by atomic mass is 79.9. The molecule has 186 valence electrons. The van der Waals surface area contributed by atoms with Gasteiger partial charge in [0.2, 0.25) is 5.75 Å². The minimum absolute atomic E-state index is 0.0941. The maximum atomic E-state index is 14.2. The molecule has 7 nitrogen and oxygen atoms in total. The summed E-state index contributed by atoms with van der Waals surface area (Å²) in [6.07, 6.45) is 2.78. The van der Waals surface area contributed by atoms with E-state index in [0.29, 0.717) is 35.3 Å². The first-order valence-electron chi connectivity index (χ1n) is 10.4. The fourth-order valence-electron chi connectivity index (χ4n) is 3.97. The van der Waals surface area contributed by atoms with E-state index in [4.69, 9.17) is 24.0 Å². The largest absolute Gasteiger partial charge is 0.493 e. The Morgan fingerprint density at radius 3 is 2.24 bits per heavy atom. The molecule has 0 aliphatic rings. The van der Waals surface area contributed by atoms with Gasteiger partial charge >= 0.3 is 13.3 Å². The van der Waals surface area contributed by atoms with Gasteiger partial charge in [0.1, 0.15) is 0 Å². The van der Waals surface area contributed by atoms with E-state index in [9.17, 15) is 13.3 Å². The third kappa shape index (κ3) is 4.82. The van der Waals surface area contributed by atoms with E-state index < -0.39 is 18.8 Å². The molecule has 1 aromatic heterocycles. The van der Waals surface area contributed by atoms with Gasteiger partial charge < -0.3 is 28.6 Å². The molecule has 0 aliphatic heterocycles. The molecule has 0 radical (unpaired) electrons. The molecule has 1 heterocycles. The second-order valence-electron chi connectivity index (χ2n) is 8.32. The summed E-state index contributed by atoms with van der Waals surface area (Å²) in [7, 11) is -1.08. The zero-order chi connectivity index (χ0) is 25.4. The van der Waals surface area contributed by atoms with Gasteiger partial charge in [0.05, 0.1) is 26.8 Å². The van der Waals surface area contributed by atoms with Crippen molar-refractivity contribution in [2.24, 2.45) is 5.92 Å². The molecule has 3 aromatic rings. The van der Waals surface area contributed by atoms with E-state index in [1.807, 2.05) is 16.8 Å². The number of hydrogen-bond donors (Lipinski definition) is 2. The van der Waals surface area contributed by atoms with Gasteiger partial charge in [-0.25, -0.2) is 0 Å². The smallest absolute Gasteiger partial charge is 0.399 e. The average molecular weight is 562 g/mol. The number of benzene rings is 2. The van der Waals surface area contributed by atoms with Crippen LogP contribution in [0.5, 0.6) is 17.2 Å². The van der Waals surface area contributed by atoms with E-state index in [1.54, 1.807) is 7.11 Å². The Hall–Kier alpha value is -2.13. The second-order valence-corrected chi connectivity index (χ2v) is 10.8. The first-order chi connectivity index (χ1) is 15.8. The zero-order valence-electron chi connectivity index (χ0n) is 19.4. The van der Waals surface area contributed by atoms with Crippen molar-refractivity contribution < 1.29 is 37.3 Å². The summed E-state index contributed by atoms with van der Waals surface area (Å²) >= 11 is 3.05. The van der Waals surface area contributed by atoms with Crippen LogP contribution in [-0.4, -0.2) is 35.7 Å². The number of ether oxygens (including phenoxy) is 3. The summed E-state index contributed by atoms with van der Waals surface area (Å²) in [6.45, 7) is 4.51. The van der Waals surface area contributed by atoms with E-state index in [1.165, 1.54) is 26.4 Å². The Morgan fingerprint density at radius 2 is 1.74 bits per heavy atom. The lowest BCUT2D eigenvalue weighted by Gasteiger charge is -2.20. The Kier molecular flexibility index (Phi) is 7.67. The molecule has 0 bridgehead atoms. The monoisotopic (exact) mass is 561 g/mol. The van der Waals surface area contributed by atoms with Crippen LogP contribution >= 0.6 is 23.5 Å². The first kappa shape index (κ1) is 26.5. The first-order valence-corrected chi connectivity index (χ1v) is 12.8. The lowest BCUT2D eigenvalue weighted by atomic mass is 10.0. The lowest BCUT2D eigenvalue weighted by molar-refractivity contribution is 0.0557. The molecule has 0 atom stereocenters. The van der Waals surface area contributed by atoms with Crippen LogP contribution in [0.25, 0.3) is 10.9 Å². The van der Waals surface area contributed by atoms with Gasteiger partial charge in [0.15, 0.2) is 11.5 Å². The molecule has 0 saturated heterocycles. The molecule has 0 amide bonds. The molecule has 0 saturated carbocycles. The van der Waals surface area contributed by atoms with Gasteiger partial charge in [-0.05, 0) is 35.6 Å². The molecular weight excluding hydrogens is 535 g/mol. The Morgan fingerprint density at radius 1 is 1.09 bits per heavy atom. The molecule has 3 rings (SSSR count). The van der Waals surface area contributed by atoms with Crippen LogP contribution in [0.1, 0.15) is 30.5 Å². The van der Waals surface area contributed by atoms with Crippen LogP contribution in [0.3, 0.4) is 0 Å². The highest BCUT2D eigenvalue weighted by Crippen LogP contribution is 2.60. The standard InChI is InChI=1S/C23H27BrF2NO6P/c1-13(2)8-15-12-27(20-16(15)10-19(31-3)21(32-4)22(20)33-5)11-14-6-7-17(18(24)9-14)23(25,26)34(28,29)30/h6-7,9-10,12-13H,8,11H2,1-5H3,(H2,28,29,30). The molecular formula is C23H27BrF2NO6P. The molecule has 0 fully saturated rings. The number of aromatic nitrogens is 1. The van der Waals surface area contributed by atoms with Crippen LogP contribution in [0.15, 0.2) is 34.9 Å². The summed E-state index contributed by atoms with van der Waals surface area (Å²) in [5.41, 5.74) is -2.61. The Bertz CT molecular complexity index is 1250. The SMILES string of the molecule is COc1cc2c(CC(C)C)cn(Cc3ccc(C(F)(F)P(=O)(O)O)c(Br)c3)c2c(OC)c1OC. The van der Waals surface area contributed by atoms with Crippen molar-refractivity contribution in [1.29, 1.82) is 0 Å². The quantitative estimate of drug-likeness (QED) is 0.316. The third-order valence-electron chi connectivity index (χ3n) is 5.45. The minimum atomic E-state index is -5.68. The van der Waals surface area contributed by atoms with Gasteiger partial charge in [-0.3, -0.25) is 4.57 Å². The number of halogens is 3. The van der Waals surface area contributed by atoms with Crippen LogP contribution in [0.4, 0.5) is 8.78 Å². The third-order valence-corrected chi connectivity index (χ3v) is 7.08. The predicted molar refractivity (Wildman–Crippen MR) is 129 cm³/mol. The minimum Gasteiger partial charge on any atom is -0.493 e. The summed E-state index contributed by atoms with van der Waals surface area (Å²) in [4.78, 5) is 18.1. The molecule has 2 aromatic carbocycles. The number of rotatable bonds is 9. The topological polar surface area (TPSA) is 90.2 Å². The number of methoxy groups -OCH3 is 3. The molecule has 0 spiro atoms. The fraction of sp³-hybridized carbons (Fsp3) is 0.391. The maximum Gasteiger partial charge on any atom is 0.399 e. The summed E-state index contributed by atoms with van der Waals surface area (Å²) in [6, 6.07) is 5.77. The van der Waals surface area contributed by atoms with E-state index in [-0.39, 0.29) is 4.47 Å². The maximum absolute atomic E-state index is 14.2. The average Bonchev–Trinajstić information content (AvgIpc) is 3.07. The van der Waals surface area contributed by atoms with Crippen LogP contribution in [-0.2, 0) is 23.2 Å². The van der Waals surface area contributed by atoms with Crippen molar-refractivity contribution in [1.82, 2.24) is 4.57 Å². The van der Waals surface area contributed by atoms with Crippen LogP contribution in [0, 0.1) is 5.92 Å². The van der Waals surface area contributed by atoms with Gasteiger partial charge in [0.25, 0.3) is 0 Å². The summed E-state index contributed by atoms with van der Waals surface area (Å²) in [5.74, 6) is 1.82. The van der Waals surface area contributed by atoms with Gasteiger partial charge in [-0.15, -0.1) is 0 Å². The highest BCUT2D eigenvalue weighted by Gasteiger charge is 2.51. The molecule has 34 heavy (non-hydrogen) atoms. The van der Waals surface area contributed by atoms with Gasteiger partial charge in [-0.1, -0.05) is 41.9 Å². The van der Waals surface area contributed by atoms with E-state index >= 15 is 0 Å². The predicted octanol–water partition coefficient (Wildman–Crippen LogP) is 5.90. The molecule has 0 unspecified atom stereocenters. The Labute approximate surface area is 204 Å². The van der Waals surface area contributed by atoms with E-state index in [2.05, 4.69) is 29.8 Å². The Balaban J connectivity index is 2.17. The van der Waals surface area contributed by atoms with Crippen molar-refractivity contribution in [2.45, 2.75) is 32.5 Å². The number of fused-ring (bicyclic) bond motifs is 1. The normalized spacial score (nSPS) is 12.4. The molecule has 2 N–H and O–H groups in total. The summed E-state index contributed by atoms with van der Waals surface area (Å²) in [5, 5.41) is 0.923.